The summed E-state index contributed by atoms with van der Waals surface area (Å²) in [6, 6.07) is 16.2. The zero-order chi connectivity index (χ0) is 14.4. The van der Waals surface area contributed by atoms with Crippen molar-refractivity contribution >= 4 is 0 Å². The first-order valence-electron chi connectivity index (χ1n) is 7.16. The molecule has 0 bridgehead atoms. The lowest BCUT2D eigenvalue weighted by Gasteiger charge is -2.15. The zero-order valence-corrected chi connectivity index (χ0v) is 12.2. The average Bonchev–Trinajstić information content (AvgIpc) is 2.47. The molecule has 0 aliphatic heterocycles. The maximum absolute atomic E-state index is 10.4. The largest absolute Gasteiger partial charge is 0.493 e. The molecule has 0 fully saturated rings. The molecule has 1 atom stereocenters. The fourth-order valence-corrected chi connectivity index (χ4v) is 2.26. The van der Waals surface area contributed by atoms with Gasteiger partial charge in [-0.15, -0.1) is 0 Å². The number of rotatable bonds is 6. The highest BCUT2D eigenvalue weighted by Gasteiger charge is 2.12. The van der Waals surface area contributed by atoms with Crippen LogP contribution in [0.3, 0.4) is 0 Å². The SMILES string of the molecule is CCOc1ccccc1C(O)CCc1ccc(C)cc1. The standard InChI is InChI=1S/C18H22O2/c1-3-20-18-7-5-4-6-16(18)17(19)13-12-15-10-8-14(2)9-11-15/h4-11,17,19H,3,12-13H2,1-2H3. The minimum absolute atomic E-state index is 0.487. The van der Waals surface area contributed by atoms with E-state index in [9.17, 15) is 5.11 Å². The zero-order valence-electron chi connectivity index (χ0n) is 12.2. The molecule has 0 spiro atoms. The van der Waals surface area contributed by atoms with Gasteiger partial charge in [-0.3, -0.25) is 0 Å². The van der Waals surface area contributed by atoms with Gasteiger partial charge in [-0.05, 0) is 38.3 Å². The van der Waals surface area contributed by atoms with E-state index in [2.05, 4.69) is 31.2 Å². The summed E-state index contributed by atoms with van der Waals surface area (Å²) in [6.45, 7) is 4.65. The van der Waals surface area contributed by atoms with Crippen LogP contribution in [0.25, 0.3) is 0 Å². The van der Waals surface area contributed by atoms with E-state index >= 15 is 0 Å². The van der Waals surface area contributed by atoms with E-state index in [1.165, 1.54) is 11.1 Å². The maximum atomic E-state index is 10.4. The number of hydrogen-bond donors (Lipinski definition) is 1. The van der Waals surface area contributed by atoms with Gasteiger partial charge in [0.15, 0.2) is 0 Å². The normalized spacial score (nSPS) is 12.2. The molecular formula is C18H22O2. The Kier molecular flexibility index (Phi) is 5.19. The molecule has 2 heteroatoms. The van der Waals surface area contributed by atoms with E-state index in [0.717, 1.165) is 17.7 Å². The van der Waals surface area contributed by atoms with Crippen LogP contribution in [0.2, 0.25) is 0 Å². The van der Waals surface area contributed by atoms with E-state index in [1.54, 1.807) is 0 Å². The lowest BCUT2D eigenvalue weighted by atomic mass is 10.00. The third kappa shape index (κ3) is 3.84. The molecule has 1 N–H and O–H groups in total. The summed E-state index contributed by atoms with van der Waals surface area (Å²) >= 11 is 0. The van der Waals surface area contributed by atoms with Gasteiger partial charge in [-0.25, -0.2) is 0 Å². The van der Waals surface area contributed by atoms with Crippen molar-refractivity contribution < 1.29 is 9.84 Å². The molecule has 1 unspecified atom stereocenters. The van der Waals surface area contributed by atoms with Gasteiger partial charge >= 0.3 is 0 Å². The predicted octanol–water partition coefficient (Wildman–Crippen LogP) is 4.06. The number of hydrogen-bond acceptors (Lipinski definition) is 2. The van der Waals surface area contributed by atoms with Crippen LogP contribution in [0, 0.1) is 6.92 Å². The summed E-state index contributed by atoms with van der Waals surface area (Å²) in [5, 5.41) is 10.4. The highest BCUT2D eigenvalue weighted by molar-refractivity contribution is 5.35. The Labute approximate surface area is 121 Å². The topological polar surface area (TPSA) is 29.5 Å². The fraction of sp³-hybridized carbons (Fsp3) is 0.333. The summed E-state index contributed by atoms with van der Waals surface area (Å²) in [5.41, 5.74) is 3.39. The van der Waals surface area contributed by atoms with Gasteiger partial charge in [0.2, 0.25) is 0 Å². The van der Waals surface area contributed by atoms with Crippen molar-refractivity contribution in [3.63, 3.8) is 0 Å². The van der Waals surface area contributed by atoms with Crippen LogP contribution >= 0.6 is 0 Å². The fourth-order valence-electron chi connectivity index (χ4n) is 2.26. The minimum atomic E-state index is -0.487. The van der Waals surface area contributed by atoms with Crippen molar-refractivity contribution in [1.82, 2.24) is 0 Å². The molecule has 2 nitrogen and oxygen atoms in total. The summed E-state index contributed by atoms with van der Waals surface area (Å²) in [6.07, 6.45) is 1.08. The molecule has 0 radical (unpaired) electrons. The Morgan fingerprint density at radius 2 is 1.75 bits per heavy atom. The van der Waals surface area contributed by atoms with E-state index in [-0.39, 0.29) is 0 Å². The second-order valence-electron chi connectivity index (χ2n) is 5.01. The van der Waals surface area contributed by atoms with Gasteiger partial charge in [-0.2, -0.15) is 0 Å². The van der Waals surface area contributed by atoms with Gasteiger partial charge in [0, 0.05) is 5.56 Å². The van der Waals surface area contributed by atoms with Crippen LogP contribution < -0.4 is 4.74 Å². The Morgan fingerprint density at radius 3 is 2.45 bits per heavy atom. The predicted molar refractivity (Wildman–Crippen MR) is 82.1 cm³/mol. The first-order chi connectivity index (χ1) is 9.70. The third-order valence-corrected chi connectivity index (χ3v) is 3.40. The number of ether oxygens (including phenoxy) is 1. The smallest absolute Gasteiger partial charge is 0.125 e. The molecule has 0 heterocycles. The summed E-state index contributed by atoms with van der Waals surface area (Å²) < 4.78 is 5.57. The van der Waals surface area contributed by atoms with Crippen molar-refractivity contribution in [2.24, 2.45) is 0 Å². The lowest BCUT2D eigenvalue weighted by molar-refractivity contribution is 0.162. The van der Waals surface area contributed by atoms with Crippen molar-refractivity contribution in [1.29, 1.82) is 0 Å². The third-order valence-electron chi connectivity index (χ3n) is 3.40. The van der Waals surface area contributed by atoms with Crippen molar-refractivity contribution in [3.05, 3.63) is 65.2 Å². The van der Waals surface area contributed by atoms with Crippen LogP contribution in [-0.4, -0.2) is 11.7 Å². The molecule has 2 aromatic carbocycles. The first kappa shape index (κ1) is 14.6. The van der Waals surface area contributed by atoms with Gasteiger partial charge in [0.1, 0.15) is 5.75 Å². The van der Waals surface area contributed by atoms with Gasteiger partial charge in [0.25, 0.3) is 0 Å². The lowest BCUT2D eigenvalue weighted by Crippen LogP contribution is -2.03. The van der Waals surface area contributed by atoms with Crippen LogP contribution in [0.1, 0.15) is 36.1 Å². The van der Waals surface area contributed by atoms with Crippen LogP contribution in [0.4, 0.5) is 0 Å². The van der Waals surface area contributed by atoms with E-state index < -0.39 is 6.10 Å². The van der Waals surface area contributed by atoms with Crippen molar-refractivity contribution in [3.8, 4) is 5.75 Å². The number of aliphatic hydroxyl groups excluding tert-OH is 1. The van der Waals surface area contributed by atoms with E-state index in [1.807, 2.05) is 31.2 Å². The molecule has 2 rings (SSSR count). The molecule has 0 aliphatic rings. The van der Waals surface area contributed by atoms with Gasteiger partial charge in [0.05, 0.1) is 12.7 Å². The van der Waals surface area contributed by atoms with Crippen LogP contribution in [0.15, 0.2) is 48.5 Å². The Hall–Kier alpha value is -1.80. The molecule has 0 aliphatic carbocycles. The van der Waals surface area contributed by atoms with Gasteiger partial charge in [-0.1, -0.05) is 48.0 Å². The van der Waals surface area contributed by atoms with Crippen LogP contribution in [0.5, 0.6) is 5.75 Å². The molecule has 0 amide bonds. The highest BCUT2D eigenvalue weighted by atomic mass is 16.5. The highest BCUT2D eigenvalue weighted by Crippen LogP contribution is 2.28. The number of aliphatic hydroxyl groups is 1. The minimum Gasteiger partial charge on any atom is -0.493 e. The summed E-state index contributed by atoms with van der Waals surface area (Å²) in [4.78, 5) is 0. The maximum Gasteiger partial charge on any atom is 0.125 e. The molecule has 20 heavy (non-hydrogen) atoms. The molecule has 0 aromatic heterocycles. The second kappa shape index (κ2) is 7.11. The average molecular weight is 270 g/mol. The summed E-state index contributed by atoms with van der Waals surface area (Å²) in [7, 11) is 0. The Morgan fingerprint density at radius 1 is 1.05 bits per heavy atom. The Bertz CT molecular complexity index is 531. The van der Waals surface area contributed by atoms with Crippen molar-refractivity contribution in [2.45, 2.75) is 32.8 Å². The number of aryl methyl sites for hydroxylation is 2. The van der Waals surface area contributed by atoms with E-state index in [0.29, 0.717) is 13.0 Å². The van der Waals surface area contributed by atoms with Gasteiger partial charge < -0.3 is 9.84 Å². The van der Waals surface area contributed by atoms with Crippen LogP contribution in [-0.2, 0) is 6.42 Å². The number of para-hydroxylation sites is 1. The Balaban J connectivity index is 2.01. The molecule has 0 saturated carbocycles. The summed E-state index contributed by atoms with van der Waals surface area (Å²) in [5.74, 6) is 0.784. The van der Waals surface area contributed by atoms with E-state index in [4.69, 9.17) is 4.74 Å². The monoisotopic (exact) mass is 270 g/mol. The second-order valence-corrected chi connectivity index (χ2v) is 5.01. The molecule has 2 aromatic rings. The molecule has 0 saturated heterocycles. The quantitative estimate of drug-likeness (QED) is 0.857. The first-order valence-corrected chi connectivity index (χ1v) is 7.16. The number of benzene rings is 2. The van der Waals surface area contributed by atoms with Crippen molar-refractivity contribution in [2.75, 3.05) is 6.61 Å². The molecule has 106 valence electrons. The molecular weight excluding hydrogens is 248 g/mol.